The Balaban J connectivity index is 1.70. The summed E-state index contributed by atoms with van der Waals surface area (Å²) < 4.78 is 26.5. The lowest BCUT2D eigenvalue weighted by atomic mass is 10.1. The van der Waals surface area contributed by atoms with E-state index in [4.69, 9.17) is 0 Å². The van der Waals surface area contributed by atoms with Crippen LogP contribution in [0.5, 0.6) is 0 Å². The van der Waals surface area contributed by atoms with Crippen molar-refractivity contribution in [2.24, 2.45) is 0 Å². The predicted octanol–water partition coefficient (Wildman–Crippen LogP) is -0.0624. The molecule has 130 valence electrons. The number of piperazine rings is 1. The monoisotopic (exact) mass is 351 g/mol. The van der Waals surface area contributed by atoms with Crippen molar-refractivity contribution in [3.05, 3.63) is 35.9 Å². The van der Waals surface area contributed by atoms with Crippen molar-refractivity contribution in [3.63, 3.8) is 0 Å². The van der Waals surface area contributed by atoms with Crippen molar-refractivity contribution < 1.29 is 18.0 Å². The van der Waals surface area contributed by atoms with Crippen LogP contribution in [0.4, 0.5) is 0 Å². The molecule has 8 heteroatoms. The zero-order valence-electron chi connectivity index (χ0n) is 13.5. The topological polar surface area (TPSA) is 86.8 Å². The summed E-state index contributed by atoms with van der Waals surface area (Å²) in [7, 11) is -3.55. The molecule has 0 bridgehead atoms. The van der Waals surface area contributed by atoms with Gasteiger partial charge in [-0.15, -0.1) is 0 Å². The Kier molecular flexibility index (Phi) is 4.60. The molecule has 2 saturated heterocycles. The van der Waals surface area contributed by atoms with Gasteiger partial charge in [-0.1, -0.05) is 30.3 Å². The van der Waals surface area contributed by atoms with Crippen molar-refractivity contribution in [2.75, 3.05) is 19.6 Å². The zero-order valence-corrected chi connectivity index (χ0v) is 14.3. The van der Waals surface area contributed by atoms with Gasteiger partial charge in [-0.05, 0) is 12.0 Å². The van der Waals surface area contributed by atoms with Crippen molar-refractivity contribution in [1.82, 2.24) is 14.5 Å². The largest absolute Gasteiger partial charge is 0.352 e. The highest BCUT2D eigenvalue weighted by molar-refractivity contribution is 7.88. The van der Waals surface area contributed by atoms with Gasteiger partial charge >= 0.3 is 0 Å². The Hall–Kier alpha value is -1.93. The molecule has 2 fully saturated rings. The highest BCUT2D eigenvalue weighted by Gasteiger charge is 2.43. The van der Waals surface area contributed by atoms with E-state index < -0.39 is 10.0 Å². The molecule has 2 heterocycles. The molecule has 2 unspecified atom stereocenters. The summed E-state index contributed by atoms with van der Waals surface area (Å²) >= 11 is 0. The number of carbonyl (C=O) groups excluding carboxylic acids is 2. The standard InChI is InChI=1S/C16H21N3O4S/c1-12(20)17-14-7-15-9-18(10-16(21)19(15)8-14)24(22,23)11-13-5-3-2-4-6-13/h2-6,14-15H,7-11H2,1H3,(H,17,20). The molecule has 24 heavy (non-hydrogen) atoms. The second kappa shape index (κ2) is 6.52. The average molecular weight is 351 g/mol. The van der Waals surface area contributed by atoms with Crippen LogP contribution >= 0.6 is 0 Å². The fraction of sp³-hybridized carbons (Fsp3) is 0.500. The Morgan fingerprint density at radius 1 is 1.25 bits per heavy atom. The summed E-state index contributed by atoms with van der Waals surface area (Å²) in [6.45, 7) is 2.06. The van der Waals surface area contributed by atoms with E-state index in [1.807, 2.05) is 6.07 Å². The fourth-order valence-electron chi connectivity index (χ4n) is 3.42. The normalized spacial score (nSPS) is 24.7. The molecule has 0 spiro atoms. The Bertz CT molecular complexity index is 735. The highest BCUT2D eigenvalue weighted by atomic mass is 32.2. The predicted molar refractivity (Wildman–Crippen MR) is 88.4 cm³/mol. The lowest BCUT2D eigenvalue weighted by Gasteiger charge is -2.36. The number of sulfonamides is 1. The van der Waals surface area contributed by atoms with Gasteiger partial charge in [0.15, 0.2) is 0 Å². The van der Waals surface area contributed by atoms with Gasteiger partial charge < -0.3 is 10.2 Å². The van der Waals surface area contributed by atoms with Gasteiger partial charge in [0.05, 0.1) is 12.3 Å². The van der Waals surface area contributed by atoms with E-state index in [1.165, 1.54) is 11.2 Å². The fourth-order valence-corrected chi connectivity index (χ4v) is 4.92. The lowest BCUT2D eigenvalue weighted by molar-refractivity contribution is -0.135. The molecule has 0 aliphatic carbocycles. The minimum atomic E-state index is -3.55. The maximum atomic E-state index is 12.6. The first-order valence-corrected chi connectivity index (χ1v) is 9.54. The molecule has 0 aromatic heterocycles. The summed E-state index contributed by atoms with van der Waals surface area (Å²) in [5.74, 6) is -0.445. The summed E-state index contributed by atoms with van der Waals surface area (Å²) in [5, 5.41) is 2.81. The van der Waals surface area contributed by atoms with Crippen LogP contribution in [-0.4, -0.2) is 61.2 Å². The number of hydrogen-bond acceptors (Lipinski definition) is 4. The number of hydrogen-bond donors (Lipinski definition) is 1. The van der Waals surface area contributed by atoms with E-state index in [-0.39, 0.29) is 42.7 Å². The number of amides is 2. The highest BCUT2D eigenvalue weighted by Crippen LogP contribution is 2.25. The quantitative estimate of drug-likeness (QED) is 0.823. The number of rotatable bonds is 4. The number of nitrogens with zero attached hydrogens (tertiary/aromatic N) is 2. The van der Waals surface area contributed by atoms with Crippen LogP contribution in [0.25, 0.3) is 0 Å². The molecule has 1 aromatic carbocycles. The van der Waals surface area contributed by atoms with Crippen molar-refractivity contribution in [2.45, 2.75) is 31.2 Å². The summed E-state index contributed by atoms with van der Waals surface area (Å²) in [6.07, 6.45) is 0.586. The lowest BCUT2D eigenvalue weighted by Crippen LogP contribution is -2.55. The maximum absolute atomic E-state index is 12.6. The summed E-state index contributed by atoms with van der Waals surface area (Å²) in [6, 6.07) is 8.67. The minimum Gasteiger partial charge on any atom is -0.352 e. The zero-order chi connectivity index (χ0) is 17.3. The molecule has 0 saturated carbocycles. The van der Waals surface area contributed by atoms with E-state index >= 15 is 0 Å². The van der Waals surface area contributed by atoms with E-state index in [2.05, 4.69) is 5.32 Å². The van der Waals surface area contributed by atoms with E-state index in [0.29, 0.717) is 18.5 Å². The molecule has 2 aliphatic rings. The third-order valence-electron chi connectivity index (χ3n) is 4.45. The molecular formula is C16H21N3O4S. The number of fused-ring (bicyclic) bond motifs is 1. The first-order chi connectivity index (χ1) is 11.3. The third-order valence-corrected chi connectivity index (χ3v) is 6.22. The van der Waals surface area contributed by atoms with Crippen LogP contribution in [-0.2, 0) is 25.4 Å². The van der Waals surface area contributed by atoms with Crippen molar-refractivity contribution >= 4 is 21.8 Å². The van der Waals surface area contributed by atoms with Gasteiger partial charge in [-0.25, -0.2) is 8.42 Å². The molecule has 7 nitrogen and oxygen atoms in total. The van der Waals surface area contributed by atoms with Crippen molar-refractivity contribution in [3.8, 4) is 0 Å². The van der Waals surface area contributed by atoms with Crippen LogP contribution in [0.1, 0.15) is 18.9 Å². The maximum Gasteiger partial charge on any atom is 0.238 e. The summed E-state index contributed by atoms with van der Waals surface area (Å²) in [5.41, 5.74) is 0.704. The van der Waals surface area contributed by atoms with Crippen LogP contribution in [0.15, 0.2) is 30.3 Å². The van der Waals surface area contributed by atoms with E-state index in [0.717, 1.165) is 0 Å². The van der Waals surface area contributed by atoms with Gasteiger partial charge in [0.2, 0.25) is 21.8 Å². The van der Waals surface area contributed by atoms with Crippen molar-refractivity contribution in [1.29, 1.82) is 0 Å². The van der Waals surface area contributed by atoms with Gasteiger partial charge in [-0.3, -0.25) is 9.59 Å². The SMILES string of the molecule is CC(=O)NC1CC2CN(S(=O)(=O)Cc3ccccc3)CC(=O)N2C1. The smallest absolute Gasteiger partial charge is 0.238 e. The average Bonchev–Trinajstić information content (AvgIpc) is 2.90. The summed E-state index contributed by atoms with van der Waals surface area (Å²) in [4.78, 5) is 25.2. The van der Waals surface area contributed by atoms with Gasteiger partial charge in [0.25, 0.3) is 0 Å². The third kappa shape index (κ3) is 3.59. The van der Waals surface area contributed by atoms with E-state index in [1.54, 1.807) is 29.2 Å². The van der Waals surface area contributed by atoms with Gasteiger partial charge in [-0.2, -0.15) is 4.31 Å². The number of carbonyl (C=O) groups is 2. The molecule has 1 N–H and O–H groups in total. The second-order valence-electron chi connectivity index (χ2n) is 6.37. The molecule has 2 amide bonds. The van der Waals surface area contributed by atoms with Crippen LogP contribution in [0.3, 0.4) is 0 Å². The van der Waals surface area contributed by atoms with Crippen LogP contribution < -0.4 is 5.32 Å². The molecule has 3 rings (SSSR count). The first-order valence-electron chi connectivity index (χ1n) is 7.93. The van der Waals surface area contributed by atoms with Gasteiger partial charge in [0.1, 0.15) is 0 Å². The Morgan fingerprint density at radius 2 is 1.96 bits per heavy atom. The minimum absolute atomic E-state index is 0.103. The van der Waals surface area contributed by atoms with Crippen LogP contribution in [0.2, 0.25) is 0 Å². The Morgan fingerprint density at radius 3 is 2.62 bits per heavy atom. The van der Waals surface area contributed by atoms with Crippen LogP contribution in [0, 0.1) is 0 Å². The molecule has 1 aromatic rings. The van der Waals surface area contributed by atoms with E-state index in [9.17, 15) is 18.0 Å². The molecule has 0 radical (unpaired) electrons. The number of nitrogens with one attached hydrogen (secondary N) is 1. The molecular weight excluding hydrogens is 330 g/mol. The molecule has 2 atom stereocenters. The Labute approximate surface area is 141 Å². The molecule has 2 aliphatic heterocycles. The van der Waals surface area contributed by atoms with Gasteiger partial charge in [0, 0.05) is 32.1 Å². The number of benzene rings is 1. The first kappa shape index (κ1) is 16.9. The second-order valence-corrected chi connectivity index (χ2v) is 8.34.